The Hall–Kier alpha value is -2.31. The van der Waals surface area contributed by atoms with Crippen LogP contribution >= 0.6 is 0 Å². The average molecular weight is 411 g/mol. The molecule has 1 aromatic carbocycles. The van der Waals surface area contributed by atoms with Crippen molar-refractivity contribution in [3.63, 3.8) is 0 Å². The quantitative estimate of drug-likeness (QED) is 0.795. The predicted molar refractivity (Wildman–Crippen MR) is 115 cm³/mol. The SMILES string of the molecule is O=C(NCc1ccccn1)C1CCCN(C2CCN(Cc3ccc(F)cc3)CC2)C1. The maximum Gasteiger partial charge on any atom is 0.224 e. The maximum absolute atomic E-state index is 13.1. The summed E-state index contributed by atoms with van der Waals surface area (Å²) < 4.78 is 13.1. The van der Waals surface area contributed by atoms with E-state index in [2.05, 4.69) is 20.1 Å². The number of hydrogen-bond acceptors (Lipinski definition) is 4. The van der Waals surface area contributed by atoms with Crippen molar-refractivity contribution in [2.45, 2.75) is 44.8 Å². The Kier molecular flexibility index (Phi) is 7.07. The standard InChI is InChI=1S/C24H31FN4O/c25-21-8-6-19(7-9-21)17-28-14-10-23(11-15-28)29-13-3-4-20(18-29)24(30)27-16-22-5-1-2-12-26-22/h1-2,5-9,12,20,23H,3-4,10-11,13-18H2,(H,27,30). The molecule has 0 spiro atoms. The van der Waals surface area contributed by atoms with Gasteiger partial charge >= 0.3 is 0 Å². The van der Waals surface area contributed by atoms with Crippen LogP contribution in [-0.2, 0) is 17.9 Å². The van der Waals surface area contributed by atoms with E-state index in [4.69, 9.17) is 0 Å². The molecule has 1 unspecified atom stereocenters. The highest BCUT2D eigenvalue weighted by Crippen LogP contribution is 2.25. The molecular weight excluding hydrogens is 379 g/mol. The van der Waals surface area contributed by atoms with Crippen LogP contribution in [0.15, 0.2) is 48.7 Å². The third-order valence-electron chi connectivity index (χ3n) is 6.39. The summed E-state index contributed by atoms with van der Waals surface area (Å²) >= 11 is 0. The van der Waals surface area contributed by atoms with Gasteiger partial charge in [-0.05, 0) is 75.1 Å². The van der Waals surface area contributed by atoms with Gasteiger partial charge < -0.3 is 5.32 Å². The fraction of sp³-hybridized carbons (Fsp3) is 0.500. The van der Waals surface area contributed by atoms with Gasteiger partial charge in [-0.25, -0.2) is 4.39 Å². The molecule has 6 heteroatoms. The number of piperidine rings is 2. The normalized spacial score (nSPS) is 21.4. The molecule has 4 rings (SSSR count). The van der Waals surface area contributed by atoms with Crippen LogP contribution in [0.2, 0.25) is 0 Å². The highest BCUT2D eigenvalue weighted by molar-refractivity contribution is 5.78. The monoisotopic (exact) mass is 410 g/mol. The zero-order valence-electron chi connectivity index (χ0n) is 17.5. The van der Waals surface area contributed by atoms with Crippen molar-refractivity contribution in [1.82, 2.24) is 20.1 Å². The molecule has 1 atom stereocenters. The molecule has 2 aliphatic rings. The maximum atomic E-state index is 13.1. The van der Waals surface area contributed by atoms with Gasteiger partial charge in [-0.3, -0.25) is 19.6 Å². The molecule has 1 amide bonds. The van der Waals surface area contributed by atoms with E-state index in [0.29, 0.717) is 12.6 Å². The molecule has 2 aliphatic heterocycles. The molecule has 1 aromatic heterocycles. The summed E-state index contributed by atoms with van der Waals surface area (Å²) in [6.45, 7) is 5.43. The van der Waals surface area contributed by atoms with E-state index in [0.717, 1.165) is 69.7 Å². The lowest BCUT2D eigenvalue weighted by atomic mass is 9.93. The largest absolute Gasteiger partial charge is 0.350 e. The average Bonchev–Trinajstić information content (AvgIpc) is 2.80. The number of carbonyl (C=O) groups excluding carboxylic acids is 1. The fourth-order valence-electron chi connectivity index (χ4n) is 4.67. The Morgan fingerprint density at radius 1 is 1.07 bits per heavy atom. The first-order valence-corrected chi connectivity index (χ1v) is 11.1. The van der Waals surface area contributed by atoms with Crippen molar-refractivity contribution in [3.8, 4) is 0 Å². The molecule has 160 valence electrons. The molecule has 2 saturated heterocycles. The summed E-state index contributed by atoms with van der Waals surface area (Å²) in [6, 6.07) is 13.1. The van der Waals surface area contributed by atoms with Crippen molar-refractivity contribution in [2.75, 3.05) is 26.2 Å². The van der Waals surface area contributed by atoms with Crippen LogP contribution in [0.5, 0.6) is 0 Å². The fourth-order valence-corrected chi connectivity index (χ4v) is 4.67. The summed E-state index contributed by atoms with van der Waals surface area (Å²) in [6.07, 6.45) is 6.06. The third kappa shape index (κ3) is 5.64. The van der Waals surface area contributed by atoms with Crippen LogP contribution in [0.25, 0.3) is 0 Å². The van der Waals surface area contributed by atoms with Crippen LogP contribution in [0.4, 0.5) is 4.39 Å². The second-order valence-corrected chi connectivity index (χ2v) is 8.51. The molecule has 2 fully saturated rings. The van der Waals surface area contributed by atoms with E-state index in [1.807, 2.05) is 30.3 Å². The Morgan fingerprint density at radius 2 is 1.87 bits per heavy atom. The Morgan fingerprint density at radius 3 is 2.60 bits per heavy atom. The number of rotatable bonds is 6. The number of likely N-dealkylation sites (tertiary alicyclic amines) is 2. The lowest BCUT2D eigenvalue weighted by molar-refractivity contribution is -0.127. The van der Waals surface area contributed by atoms with Gasteiger partial charge in [0.2, 0.25) is 5.91 Å². The first kappa shape index (κ1) is 20.9. The molecule has 1 N–H and O–H groups in total. The number of halogens is 1. The zero-order chi connectivity index (χ0) is 20.8. The lowest BCUT2D eigenvalue weighted by Gasteiger charge is -2.42. The molecule has 0 aliphatic carbocycles. The first-order chi connectivity index (χ1) is 14.7. The Balaban J connectivity index is 1.23. The molecule has 2 aromatic rings. The van der Waals surface area contributed by atoms with Gasteiger partial charge in [-0.2, -0.15) is 0 Å². The third-order valence-corrected chi connectivity index (χ3v) is 6.39. The molecule has 5 nitrogen and oxygen atoms in total. The number of pyridine rings is 1. The Labute approximate surface area is 178 Å². The number of aromatic nitrogens is 1. The zero-order valence-corrected chi connectivity index (χ0v) is 17.5. The van der Waals surface area contributed by atoms with Gasteiger partial charge in [-0.1, -0.05) is 18.2 Å². The van der Waals surface area contributed by atoms with E-state index in [1.165, 1.54) is 12.1 Å². The van der Waals surface area contributed by atoms with Crippen molar-refractivity contribution < 1.29 is 9.18 Å². The van der Waals surface area contributed by atoms with Crippen LogP contribution < -0.4 is 5.32 Å². The minimum atomic E-state index is -0.179. The van der Waals surface area contributed by atoms with E-state index in [1.54, 1.807) is 6.20 Å². The minimum absolute atomic E-state index is 0.0692. The van der Waals surface area contributed by atoms with Crippen LogP contribution in [0, 0.1) is 11.7 Å². The van der Waals surface area contributed by atoms with Gasteiger partial charge in [0.05, 0.1) is 18.2 Å². The van der Waals surface area contributed by atoms with E-state index >= 15 is 0 Å². The lowest BCUT2D eigenvalue weighted by Crippen LogP contribution is -2.50. The van der Waals surface area contributed by atoms with Gasteiger partial charge in [0.25, 0.3) is 0 Å². The number of nitrogens with zero attached hydrogens (tertiary/aromatic N) is 3. The summed E-state index contributed by atoms with van der Waals surface area (Å²) in [5.41, 5.74) is 2.06. The molecule has 0 saturated carbocycles. The summed E-state index contributed by atoms with van der Waals surface area (Å²) in [5, 5.41) is 3.07. The topological polar surface area (TPSA) is 48.5 Å². The number of carbonyl (C=O) groups is 1. The Bertz CT molecular complexity index is 806. The summed E-state index contributed by atoms with van der Waals surface area (Å²) in [7, 11) is 0. The van der Waals surface area contributed by atoms with Gasteiger partial charge in [0, 0.05) is 25.3 Å². The van der Waals surface area contributed by atoms with Crippen LogP contribution in [0.3, 0.4) is 0 Å². The highest BCUT2D eigenvalue weighted by Gasteiger charge is 2.31. The van der Waals surface area contributed by atoms with E-state index in [-0.39, 0.29) is 17.6 Å². The molecule has 3 heterocycles. The molecule has 0 bridgehead atoms. The van der Waals surface area contributed by atoms with Crippen LogP contribution in [0.1, 0.15) is 36.9 Å². The van der Waals surface area contributed by atoms with Gasteiger partial charge in [0.1, 0.15) is 5.82 Å². The number of nitrogens with one attached hydrogen (secondary N) is 1. The van der Waals surface area contributed by atoms with Crippen molar-refractivity contribution in [2.24, 2.45) is 5.92 Å². The highest BCUT2D eigenvalue weighted by atomic mass is 19.1. The van der Waals surface area contributed by atoms with Crippen molar-refractivity contribution in [1.29, 1.82) is 0 Å². The smallest absolute Gasteiger partial charge is 0.224 e. The van der Waals surface area contributed by atoms with Crippen molar-refractivity contribution >= 4 is 5.91 Å². The summed E-state index contributed by atoms with van der Waals surface area (Å²) in [4.78, 5) is 21.9. The van der Waals surface area contributed by atoms with Gasteiger partial charge in [-0.15, -0.1) is 0 Å². The van der Waals surface area contributed by atoms with Gasteiger partial charge in [0.15, 0.2) is 0 Å². The molecular formula is C24H31FN4O. The predicted octanol–water partition coefficient (Wildman–Crippen LogP) is 3.21. The molecule has 0 radical (unpaired) electrons. The number of benzene rings is 1. The van der Waals surface area contributed by atoms with Crippen LogP contribution in [-0.4, -0.2) is 52.9 Å². The van der Waals surface area contributed by atoms with E-state index in [9.17, 15) is 9.18 Å². The number of hydrogen-bond donors (Lipinski definition) is 1. The minimum Gasteiger partial charge on any atom is -0.350 e. The second-order valence-electron chi connectivity index (χ2n) is 8.51. The first-order valence-electron chi connectivity index (χ1n) is 11.1. The van der Waals surface area contributed by atoms with Crippen molar-refractivity contribution in [3.05, 3.63) is 65.7 Å². The number of amides is 1. The molecule has 30 heavy (non-hydrogen) atoms. The second kappa shape index (κ2) is 10.1. The van der Waals surface area contributed by atoms with E-state index < -0.39 is 0 Å². The summed E-state index contributed by atoms with van der Waals surface area (Å²) in [5.74, 6) is 0.0417.